The first-order valence-corrected chi connectivity index (χ1v) is 8.77. The van der Waals surface area contributed by atoms with Crippen molar-refractivity contribution in [3.05, 3.63) is 17.5 Å². The number of aryl methyl sites for hydroxylation is 1. The van der Waals surface area contributed by atoms with E-state index in [0.717, 1.165) is 25.9 Å². The zero-order valence-electron chi connectivity index (χ0n) is 14.3. The lowest BCUT2D eigenvalue weighted by Gasteiger charge is -2.42. The van der Waals surface area contributed by atoms with Gasteiger partial charge in [0.05, 0.1) is 0 Å². The second kappa shape index (κ2) is 7.01. The van der Waals surface area contributed by atoms with E-state index in [-0.39, 0.29) is 11.9 Å². The van der Waals surface area contributed by atoms with E-state index in [1.165, 1.54) is 12.8 Å². The van der Waals surface area contributed by atoms with E-state index in [2.05, 4.69) is 34.5 Å². The largest absolute Gasteiger partial charge is 0.361 e. The molecule has 2 aliphatic rings. The summed E-state index contributed by atoms with van der Waals surface area (Å²) in [6.07, 6.45) is 4.55. The monoisotopic (exact) mass is 320 g/mol. The molecule has 1 saturated carbocycles. The third-order valence-corrected chi connectivity index (χ3v) is 5.16. The van der Waals surface area contributed by atoms with Crippen LogP contribution < -0.4 is 10.6 Å². The standard InChI is InChI=1S/C17H28N4O2/c1-11(2)21-8-6-13(7-9-21)18-14-4-5-15(14)19-17(22)16-10-12(3)23-20-16/h10-11,13-15,18H,4-9H2,1-3H3,(H,19,22)/t14-,15+/m1/s1. The van der Waals surface area contributed by atoms with E-state index in [9.17, 15) is 4.79 Å². The number of nitrogens with one attached hydrogen (secondary N) is 2. The third kappa shape index (κ3) is 3.93. The Kier molecular flexibility index (Phi) is 5.02. The summed E-state index contributed by atoms with van der Waals surface area (Å²) < 4.78 is 4.97. The van der Waals surface area contributed by atoms with Crippen molar-refractivity contribution in [3.8, 4) is 0 Å². The molecule has 1 aromatic rings. The van der Waals surface area contributed by atoms with Crippen molar-refractivity contribution in [2.24, 2.45) is 0 Å². The summed E-state index contributed by atoms with van der Waals surface area (Å²) in [5.41, 5.74) is 0.374. The normalized spacial score (nSPS) is 26.3. The van der Waals surface area contributed by atoms with Gasteiger partial charge in [0.15, 0.2) is 5.69 Å². The molecular formula is C17H28N4O2. The zero-order chi connectivity index (χ0) is 16.4. The molecule has 0 radical (unpaired) electrons. The quantitative estimate of drug-likeness (QED) is 0.864. The first-order valence-electron chi connectivity index (χ1n) is 8.77. The zero-order valence-corrected chi connectivity index (χ0v) is 14.3. The highest BCUT2D eigenvalue weighted by Gasteiger charge is 2.34. The number of hydrogen-bond donors (Lipinski definition) is 2. The maximum absolute atomic E-state index is 12.1. The smallest absolute Gasteiger partial charge is 0.273 e. The molecule has 6 nitrogen and oxygen atoms in total. The summed E-state index contributed by atoms with van der Waals surface area (Å²) in [6, 6.07) is 3.49. The lowest BCUT2D eigenvalue weighted by atomic mass is 9.85. The summed E-state index contributed by atoms with van der Waals surface area (Å²) in [5.74, 6) is 0.531. The van der Waals surface area contributed by atoms with Crippen molar-refractivity contribution < 1.29 is 9.32 Å². The van der Waals surface area contributed by atoms with E-state index >= 15 is 0 Å². The fourth-order valence-corrected chi connectivity index (χ4v) is 3.47. The highest BCUT2D eigenvalue weighted by Crippen LogP contribution is 2.23. The average molecular weight is 320 g/mol. The summed E-state index contributed by atoms with van der Waals surface area (Å²) in [6.45, 7) is 8.64. The van der Waals surface area contributed by atoms with Crippen molar-refractivity contribution in [2.45, 2.75) is 70.6 Å². The van der Waals surface area contributed by atoms with Gasteiger partial charge in [-0.3, -0.25) is 4.79 Å². The summed E-state index contributed by atoms with van der Waals surface area (Å²) in [5, 5.41) is 10.6. The number of rotatable bonds is 5. The second-order valence-electron chi connectivity index (χ2n) is 7.16. The van der Waals surface area contributed by atoms with E-state index < -0.39 is 0 Å². The number of carbonyl (C=O) groups excluding carboxylic acids is 1. The molecule has 0 spiro atoms. The van der Waals surface area contributed by atoms with Gasteiger partial charge in [0.2, 0.25) is 0 Å². The van der Waals surface area contributed by atoms with Crippen molar-refractivity contribution in [3.63, 3.8) is 0 Å². The number of aromatic nitrogens is 1. The van der Waals surface area contributed by atoms with Gasteiger partial charge in [-0.05, 0) is 59.5 Å². The lowest BCUT2D eigenvalue weighted by molar-refractivity contribution is 0.0865. The molecule has 1 aromatic heterocycles. The van der Waals surface area contributed by atoms with E-state index in [0.29, 0.717) is 29.6 Å². The Morgan fingerprint density at radius 3 is 2.48 bits per heavy atom. The predicted octanol–water partition coefficient (Wildman–Crippen LogP) is 1.71. The van der Waals surface area contributed by atoms with Crippen molar-refractivity contribution in [1.29, 1.82) is 0 Å². The van der Waals surface area contributed by atoms with Crippen LogP contribution in [0.4, 0.5) is 0 Å². The Hall–Kier alpha value is -1.40. The second-order valence-corrected chi connectivity index (χ2v) is 7.16. The van der Waals surface area contributed by atoms with Gasteiger partial charge in [0.25, 0.3) is 5.91 Å². The molecule has 0 unspecified atom stereocenters. The van der Waals surface area contributed by atoms with Gasteiger partial charge >= 0.3 is 0 Å². The van der Waals surface area contributed by atoms with Crippen LogP contribution in [0, 0.1) is 6.92 Å². The minimum absolute atomic E-state index is 0.132. The van der Waals surface area contributed by atoms with E-state index in [4.69, 9.17) is 4.52 Å². The average Bonchev–Trinajstić information content (AvgIpc) is 2.96. The fourth-order valence-electron chi connectivity index (χ4n) is 3.47. The highest BCUT2D eigenvalue weighted by atomic mass is 16.5. The topological polar surface area (TPSA) is 70.4 Å². The fraction of sp³-hybridized carbons (Fsp3) is 0.765. The number of nitrogens with zero attached hydrogens (tertiary/aromatic N) is 2. The Bertz CT molecular complexity index is 534. The molecule has 1 saturated heterocycles. The predicted molar refractivity (Wildman–Crippen MR) is 88.4 cm³/mol. The van der Waals surface area contributed by atoms with Gasteiger partial charge in [-0.2, -0.15) is 0 Å². The van der Waals surface area contributed by atoms with Gasteiger partial charge < -0.3 is 20.1 Å². The molecule has 1 aliphatic carbocycles. The third-order valence-electron chi connectivity index (χ3n) is 5.16. The molecule has 2 atom stereocenters. The number of carbonyl (C=O) groups is 1. The first kappa shape index (κ1) is 16.5. The van der Waals surface area contributed by atoms with Gasteiger partial charge in [-0.15, -0.1) is 0 Å². The van der Waals surface area contributed by atoms with Crippen LogP contribution in [0.15, 0.2) is 10.6 Å². The van der Waals surface area contributed by atoms with Gasteiger partial charge in [-0.25, -0.2) is 0 Å². The molecule has 1 aliphatic heterocycles. The van der Waals surface area contributed by atoms with Gasteiger partial charge in [0, 0.05) is 30.2 Å². The summed E-state index contributed by atoms with van der Waals surface area (Å²) in [7, 11) is 0. The maximum Gasteiger partial charge on any atom is 0.273 e. The van der Waals surface area contributed by atoms with Crippen LogP contribution in [-0.2, 0) is 0 Å². The Morgan fingerprint density at radius 2 is 1.96 bits per heavy atom. The molecule has 2 N–H and O–H groups in total. The van der Waals surface area contributed by atoms with Crippen LogP contribution in [0.1, 0.15) is 55.8 Å². The van der Waals surface area contributed by atoms with Gasteiger partial charge in [-0.1, -0.05) is 5.16 Å². The number of likely N-dealkylation sites (tertiary alicyclic amines) is 1. The molecule has 2 heterocycles. The Labute approximate surface area is 138 Å². The molecule has 23 heavy (non-hydrogen) atoms. The Balaban J connectivity index is 1.44. The lowest BCUT2D eigenvalue weighted by Crippen LogP contribution is -2.60. The summed E-state index contributed by atoms with van der Waals surface area (Å²) >= 11 is 0. The number of piperidine rings is 1. The molecular weight excluding hydrogens is 292 g/mol. The van der Waals surface area contributed by atoms with Crippen LogP contribution in [0.5, 0.6) is 0 Å². The molecule has 2 fully saturated rings. The van der Waals surface area contributed by atoms with Crippen LogP contribution in [0.25, 0.3) is 0 Å². The van der Waals surface area contributed by atoms with Crippen molar-refractivity contribution in [1.82, 2.24) is 20.7 Å². The van der Waals surface area contributed by atoms with Crippen LogP contribution in [0.2, 0.25) is 0 Å². The summed E-state index contributed by atoms with van der Waals surface area (Å²) in [4.78, 5) is 14.7. The Morgan fingerprint density at radius 1 is 1.26 bits per heavy atom. The molecule has 3 rings (SSSR count). The van der Waals surface area contributed by atoms with Crippen LogP contribution in [0.3, 0.4) is 0 Å². The van der Waals surface area contributed by atoms with Crippen LogP contribution in [-0.4, -0.2) is 53.2 Å². The maximum atomic E-state index is 12.1. The SMILES string of the molecule is Cc1cc(C(=O)N[C@H]2CC[C@H]2NC2CCN(C(C)C)CC2)no1. The molecule has 0 bridgehead atoms. The molecule has 1 amide bonds. The first-order chi connectivity index (χ1) is 11.0. The highest BCUT2D eigenvalue weighted by molar-refractivity contribution is 5.92. The molecule has 128 valence electrons. The minimum atomic E-state index is -0.132. The van der Waals surface area contributed by atoms with Crippen molar-refractivity contribution >= 4 is 5.91 Å². The van der Waals surface area contributed by atoms with E-state index in [1.807, 2.05) is 0 Å². The van der Waals surface area contributed by atoms with E-state index in [1.54, 1.807) is 13.0 Å². The van der Waals surface area contributed by atoms with Crippen molar-refractivity contribution in [2.75, 3.05) is 13.1 Å². The molecule has 6 heteroatoms. The van der Waals surface area contributed by atoms with Crippen LogP contribution >= 0.6 is 0 Å². The number of amides is 1. The number of hydrogen-bond acceptors (Lipinski definition) is 5. The molecule has 0 aromatic carbocycles. The minimum Gasteiger partial charge on any atom is -0.361 e. The van der Waals surface area contributed by atoms with Gasteiger partial charge in [0.1, 0.15) is 5.76 Å².